The lowest BCUT2D eigenvalue weighted by molar-refractivity contribution is -0.126. The summed E-state index contributed by atoms with van der Waals surface area (Å²) in [6.45, 7) is 7.65. The van der Waals surface area contributed by atoms with Crippen LogP contribution in [0.3, 0.4) is 0 Å². The largest absolute Gasteiger partial charge is 0.492 e. The van der Waals surface area contributed by atoms with E-state index in [9.17, 15) is 4.79 Å². The Morgan fingerprint density at radius 2 is 1.79 bits per heavy atom. The lowest BCUT2D eigenvalue weighted by Crippen LogP contribution is -2.41. The average molecular weight is 435 g/mol. The fourth-order valence-corrected chi connectivity index (χ4v) is 4.22. The minimum atomic E-state index is 0.0631. The van der Waals surface area contributed by atoms with Gasteiger partial charge in [0, 0.05) is 22.5 Å². The molecule has 0 bridgehead atoms. The number of halogens is 2. The quantitative estimate of drug-likeness (QED) is 0.622. The summed E-state index contributed by atoms with van der Waals surface area (Å²) in [7, 11) is 0. The van der Waals surface area contributed by atoms with E-state index in [1.165, 1.54) is 11.1 Å². The van der Waals surface area contributed by atoms with Gasteiger partial charge in [0.1, 0.15) is 12.4 Å². The molecule has 2 aromatic carbocycles. The molecule has 1 aliphatic rings. The number of benzene rings is 2. The van der Waals surface area contributed by atoms with Gasteiger partial charge in [0.2, 0.25) is 5.91 Å². The fraction of sp³-hybridized carbons (Fsp3) is 0.435. The Hall–Kier alpha value is -1.75. The Bertz CT molecular complexity index is 829. The average Bonchev–Trinajstić information content (AvgIpc) is 2.67. The van der Waals surface area contributed by atoms with E-state index in [-0.39, 0.29) is 11.8 Å². The molecule has 4 nitrogen and oxygen atoms in total. The molecule has 0 radical (unpaired) electrons. The topological polar surface area (TPSA) is 41.6 Å². The fourth-order valence-electron chi connectivity index (χ4n) is 3.75. The van der Waals surface area contributed by atoms with Crippen molar-refractivity contribution in [3.63, 3.8) is 0 Å². The number of piperidine rings is 1. The van der Waals surface area contributed by atoms with Gasteiger partial charge < -0.3 is 10.1 Å². The molecule has 0 aromatic heterocycles. The number of ether oxygens (including phenoxy) is 1. The van der Waals surface area contributed by atoms with Gasteiger partial charge >= 0.3 is 0 Å². The SMILES string of the molecule is Cc1cc(C)cc(OCCNC(=O)C2CCN(Cc3ccc(Cl)cc3Cl)CC2)c1. The number of amides is 1. The van der Waals surface area contributed by atoms with Crippen LogP contribution in [0.4, 0.5) is 0 Å². The van der Waals surface area contributed by atoms with Crippen LogP contribution in [0, 0.1) is 19.8 Å². The zero-order chi connectivity index (χ0) is 20.8. The summed E-state index contributed by atoms with van der Waals surface area (Å²) in [5.41, 5.74) is 3.42. The van der Waals surface area contributed by atoms with Crippen molar-refractivity contribution in [2.24, 2.45) is 5.92 Å². The number of aryl methyl sites for hydroxylation is 2. The molecule has 1 heterocycles. The van der Waals surface area contributed by atoms with Crippen molar-refractivity contribution in [2.45, 2.75) is 33.2 Å². The van der Waals surface area contributed by atoms with Crippen molar-refractivity contribution in [3.05, 3.63) is 63.1 Å². The van der Waals surface area contributed by atoms with Crippen LogP contribution in [0.1, 0.15) is 29.5 Å². The highest BCUT2D eigenvalue weighted by Crippen LogP contribution is 2.25. The van der Waals surface area contributed by atoms with Gasteiger partial charge in [0.15, 0.2) is 0 Å². The van der Waals surface area contributed by atoms with E-state index in [1.54, 1.807) is 6.07 Å². The highest BCUT2D eigenvalue weighted by molar-refractivity contribution is 6.35. The van der Waals surface area contributed by atoms with Gasteiger partial charge in [-0.2, -0.15) is 0 Å². The zero-order valence-corrected chi connectivity index (χ0v) is 18.5. The van der Waals surface area contributed by atoms with E-state index < -0.39 is 0 Å². The molecule has 6 heteroatoms. The summed E-state index contributed by atoms with van der Waals surface area (Å²) in [6, 6.07) is 11.7. The molecule has 0 aliphatic carbocycles. The molecule has 1 N–H and O–H groups in total. The Labute approximate surface area is 183 Å². The normalized spacial score (nSPS) is 15.3. The number of hydrogen-bond donors (Lipinski definition) is 1. The number of rotatable bonds is 7. The van der Waals surface area contributed by atoms with Gasteiger partial charge in [-0.05, 0) is 80.7 Å². The summed E-state index contributed by atoms with van der Waals surface area (Å²) in [5.74, 6) is 1.04. The van der Waals surface area contributed by atoms with E-state index in [1.807, 2.05) is 24.3 Å². The van der Waals surface area contributed by atoms with E-state index in [0.29, 0.717) is 23.2 Å². The minimum Gasteiger partial charge on any atom is -0.492 e. The number of carbonyl (C=O) groups is 1. The van der Waals surface area contributed by atoms with Gasteiger partial charge in [-0.25, -0.2) is 0 Å². The van der Waals surface area contributed by atoms with Crippen LogP contribution in [0.5, 0.6) is 5.75 Å². The number of nitrogens with one attached hydrogen (secondary N) is 1. The second kappa shape index (κ2) is 10.3. The van der Waals surface area contributed by atoms with E-state index in [0.717, 1.165) is 43.8 Å². The van der Waals surface area contributed by atoms with Crippen molar-refractivity contribution in [2.75, 3.05) is 26.2 Å². The lowest BCUT2D eigenvalue weighted by atomic mass is 9.95. The first-order valence-corrected chi connectivity index (χ1v) is 10.8. The number of hydrogen-bond acceptors (Lipinski definition) is 3. The summed E-state index contributed by atoms with van der Waals surface area (Å²) in [4.78, 5) is 14.8. The summed E-state index contributed by atoms with van der Waals surface area (Å²) in [6.07, 6.45) is 1.71. The molecule has 1 aliphatic heterocycles. The van der Waals surface area contributed by atoms with Crippen molar-refractivity contribution in [3.8, 4) is 5.75 Å². The molecule has 0 spiro atoms. The van der Waals surface area contributed by atoms with Gasteiger partial charge in [0.25, 0.3) is 0 Å². The second-order valence-corrected chi connectivity index (χ2v) is 8.59. The van der Waals surface area contributed by atoms with Gasteiger partial charge in [-0.3, -0.25) is 9.69 Å². The molecule has 2 aromatic rings. The minimum absolute atomic E-state index is 0.0631. The van der Waals surface area contributed by atoms with Crippen LogP contribution in [0.25, 0.3) is 0 Å². The predicted octanol–water partition coefficient (Wildman–Crippen LogP) is 5.02. The Balaban J connectivity index is 1.37. The summed E-state index contributed by atoms with van der Waals surface area (Å²) < 4.78 is 5.76. The molecule has 1 fully saturated rings. The first-order valence-electron chi connectivity index (χ1n) is 10.1. The molecule has 1 amide bonds. The third kappa shape index (κ3) is 6.63. The molecule has 0 unspecified atom stereocenters. The highest BCUT2D eigenvalue weighted by atomic mass is 35.5. The first kappa shape index (κ1) is 21.9. The highest BCUT2D eigenvalue weighted by Gasteiger charge is 2.25. The molecule has 156 valence electrons. The molecular weight excluding hydrogens is 407 g/mol. The third-order valence-corrected chi connectivity index (χ3v) is 5.82. The van der Waals surface area contributed by atoms with Crippen molar-refractivity contribution in [1.29, 1.82) is 0 Å². The van der Waals surface area contributed by atoms with Crippen LogP contribution >= 0.6 is 23.2 Å². The van der Waals surface area contributed by atoms with Crippen LogP contribution < -0.4 is 10.1 Å². The van der Waals surface area contributed by atoms with Crippen molar-refractivity contribution < 1.29 is 9.53 Å². The van der Waals surface area contributed by atoms with Crippen LogP contribution in [0.2, 0.25) is 10.0 Å². The molecule has 3 rings (SSSR count). The maximum Gasteiger partial charge on any atom is 0.223 e. The van der Waals surface area contributed by atoms with Crippen LogP contribution in [0.15, 0.2) is 36.4 Å². The third-order valence-electron chi connectivity index (χ3n) is 5.23. The van der Waals surface area contributed by atoms with E-state index >= 15 is 0 Å². The lowest BCUT2D eigenvalue weighted by Gasteiger charge is -2.31. The molecular formula is C23H28Cl2N2O2. The van der Waals surface area contributed by atoms with Gasteiger partial charge in [0.05, 0.1) is 6.54 Å². The smallest absolute Gasteiger partial charge is 0.223 e. The van der Waals surface area contributed by atoms with Crippen molar-refractivity contribution in [1.82, 2.24) is 10.2 Å². The number of likely N-dealkylation sites (tertiary alicyclic amines) is 1. The Morgan fingerprint density at radius 1 is 1.10 bits per heavy atom. The number of nitrogens with zero attached hydrogens (tertiary/aromatic N) is 1. The van der Waals surface area contributed by atoms with Crippen LogP contribution in [-0.2, 0) is 11.3 Å². The molecule has 0 saturated carbocycles. The van der Waals surface area contributed by atoms with E-state index in [4.69, 9.17) is 27.9 Å². The predicted molar refractivity (Wildman–Crippen MR) is 119 cm³/mol. The maximum atomic E-state index is 12.5. The summed E-state index contributed by atoms with van der Waals surface area (Å²) in [5, 5.41) is 4.36. The molecule has 1 saturated heterocycles. The van der Waals surface area contributed by atoms with Crippen LogP contribution in [-0.4, -0.2) is 37.0 Å². The second-order valence-electron chi connectivity index (χ2n) is 7.75. The van der Waals surface area contributed by atoms with Gasteiger partial charge in [-0.1, -0.05) is 35.3 Å². The van der Waals surface area contributed by atoms with Gasteiger partial charge in [-0.15, -0.1) is 0 Å². The Morgan fingerprint density at radius 3 is 2.45 bits per heavy atom. The number of carbonyl (C=O) groups excluding carboxylic acids is 1. The first-order chi connectivity index (χ1) is 13.9. The Kier molecular flexibility index (Phi) is 7.82. The maximum absolute atomic E-state index is 12.5. The molecule has 0 atom stereocenters. The summed E-state index contributed by atoms with van der Waals surface area (Å²) >= 11 is 12.2. The van der Waals surface area contributed by atoms with E-state index in [2.05, 4.69) is 30.1 Å². The standard InChI is InChI=1S/C23H28Cl2N2O2/c1-16-11-17(2)13-21(12-16)29-10-7-26-23(28)18-5-8-27(9-6-18)15-19-3-4-20(24)14-22(19)25/h3-4,11-14,18H,5-10,15H2,1-2H3,(H,26,28). The zero-order valence-electron chi connectivity index (χ0n) is 17.0. The molecule has 29 heavy (non-hydrogen) atoms. The van der Waals surface area contributed by atoms with Crippen molar-refractivity contribution >= 4 is 29.1 Å². The monoisotopic (exact) mass is 434 g/mol.